The molecule has 0 aliphatic carbocycles. The van der Waals surface area contributed by atoms with E-state index >= 15 is 0 Å². The molecule has 0 spiro atoms. The molecular weight excluding hydrogens is 316 g/mol. The molecule has 1 atom stereocenters. The summed E-state index contributed by atoms with van der Waals surface area (Å²) in [6, 6.07) is 0. The van der Waals surface area contributed by atoms with E-state index in [0.717, 1.165) is 32.4 Å². The summed E-state index contributed by atoms with van der Waals surface area (Å²) in [5.41, 5.74) is -0.761. The van der Waals surface area contributed by atoms with Gasteiger partial charge in [0.1, 0.15) is 0 Å². The lowest BCUT2D eigenvalue weighted by molar-refractivity contribution is -0.144. The molecule has 0 radical (unpaired) electrons. The molecule has 0 bridgehead atoms. The number of aliphatic hydroxyl groups excluding tert-OH is 1. The molecule has 1 N–H and O–H groups in total. The summed E-state index contributed by atoms with van der Waals surface area (Å²) in [5.74, 6) is 0.791. The van der Waals surface area contributed by atoms with E-state index in [4.69, 9.17) is 0 Å². The summed E-state index contributed by atoms with van der Waals surface area (Å²) in [6.07, 6.45) is 4.02. The molecule has 25 heavy (non-hydrogen) atoms. The lowest BCUT2D eigenvalue weighted by Crippen LogP contribution is -2.49. The van der Waals surface area contributed by atoms with Crippen molar-refractivity contribution in [2.75, 3.05) is 26.2 Å². The van der Waals surface area contributed by atoms with Crippen LogP contribution >= 0.6 is 0 Å². The molecule has 0 aromatic heterocycles. The van der Waals surface area contributed by atoms with Crippen molar-refractivity contribution in [3.05, 3.63) is 0 Å². The number of rotatable bonds is 3. The Balaban J connectivity index is 1.95. The van der Waals surface area contributed by atoms with E-state index in [9.17, 15) is 14.7 Å². The summed E-state index contributed by atoms with van der Waals surface area (Å²) in [7, 11) is 0. The SMILES string of the molecule is CC(C)(C)C(=O)N1CCCC(CC(C)(C)C(=O)N2CCC(O)CC2)C1. The Morgan fingerprint density at radius 2 is 1.52 bits per heavy atom. The van der Waals surface area contributed by atoms with Gasteiger partial charge in [-0.2, -0.15) is 0 Å². The normalized spacial score (nSPS) is 23.7. The van der Waals surface area contributed by atoms with Gasteiger partial charge in [-0.15, -0.1) is 0 Å². The smallest absolute Gasteiger partial charge is 0.228 e. The van der Waals surface area contributed by atoms with Crippen LogP contribution in [-0.2, 0) is 9.59 Å². The molecule has 2 heterocycles. The van der Waals surface area contributed by atoms with Crippen LogP contribution in [0.15, 0.2) is 0 Å². The van der Waals surface area contributed by atoms with Crippen LogP contribution < -0.4 is 0 Å². The van der Waals surface area contributed by atoms with Crippen molar-refractivity contribution in [1.82, 2.24) is 9.80 Å². The second-order valence-corrected chi connectivity index (χ2v) is 9.62. The highest BCUT2D eigenvalue weighted by Gasteiger charge is 2.38. The van der Waals surface area contributed by atoms with Crippen LogP contribution in [0.1, 0.15) is 66.7 Å². The largest absolute Gasteiger partial charge is 0.393 e. The van der Waals surface area contributed by atoms with Gasteiger partial charge < -0.3 is 14.9 Å². The van der Waals surface area contributed by atoms with E-state index in [-0.39, 0.29) is 23.3 Å². The highest BCUT2D eigenvalue weighted by atomic mass is 16.3. The van der Waals surface area contributed by atoms with Crippen LogP contribution in [0.25, 0.3) is 0 Å². The van der Waals surface area contributed by atoms with Crippen molar-refractivity contribution in [1.29, 1.82) is 0 Å². The van der Waals surface area contributed by atoms with Gasteiger partial charge in [0.15, 0.2) is 0 Å². The quantitative estimate of drug-likeness (QED) is 0.849. The first-order valence-corrected chi connectivity index (χ1v) is 9.77. The third-order valence-corrected chi connectivity index (χ3v) is 5.58. The van der Waals surface area contributed by atoms with Crippen LogP contribution in [0.2, 0.25) is 0 Å². The summed E-state index contributed by atoms with van der Waals surface area (Å²) >= 11 is 0. The fourth-order valence-electron chi connectivity index (χ4n) is 4.20. The zero-order valence-corrected chi connectivity index (χ0v) is 16.7. The first kappa shape index (κ1) is 20.2. The highest BCUT2D eigenvalue weighted by Crippen LogP contribution is 2.34. The molecule has 2 aliphatic heterocycles. The molecule has 0 aromatic rings. The monoisotopic (exact) mass is 352 g/mol. The molecule has 2 amide bonds. The number of hydrogen-bond donors (Lipinski definition) is 1. The minimum atomic E-state index is -0.416. The summed E-state index contributed by atoms with van der Waals surface area (Å²) < 4.78 is 0. The van der Waals surface area contributed by atoms with Crippen LogP contribution in [0, 0.1) is 16.7 Å². The van der Waals surface area contributed by atoms with Crippen molar-refractivity contribution in [2.45, 2.75) is 72.8 Å². The third kappa shape index (κ3) is 5.19. The number of piperidine rings is 2. The number of likely N-dealkylation sites (tertiary alicyclic amines) is 2. The fourth-order valence-corrected chi connectivity index (χ4v) is 4.20. The highest BCUT2D eigenvalue weighted by molar-refractivity contribution is 5.82. The average molecular weight is 353 g/mol. The Labute approximate surface area is 152 Å². The van der Waals surface area contributed by atoms with Crippen LogP contribution in [0.3, 0.4) is 0 Å². The standard InChI is InChI=1S/C20H36N2O3/c1-19(2,3)17(24)22-10-6-7-15(14-22)13-20(4,5)18(25)21-11-8-16(23)9-12-21/h15-16,23H,6-14H2,1-5H3. The molecule has 5 nitrogen and oxygen atoms in total. The predicted molar refractivity (Wildman–Crippen MR) is 99.0 cm³/mol. The Morgan fingerprint density at radius 1 is 0.920 bits per heavy atom. The molecule has 5 heteroatoms. The molecular formula is C20H36N2O3. The van der Waals surface area contributed by atoms with Gasteiger partial charge in [-0.05, 0) is 38.0 Å². The van der Waals surface area contributed by atoms with Crippen LogP contribution in [0.4, 0.5) is 0 Å². The maximum absolute atomic E-state index is 12.9. The minimum absolute atomic E-state index is 0.193. The molecule has 2 aliphatic rings. The summed E-state index contributed by atoms with van der Waals surface area (Å²) in [5, 5.41) is 9.64. The lowest BCUT2D eigenvalue weighted by atomic mass is 9.78. The zero-order valence-electron chi connectivity index (χ0n) is 16.7. The predicted octanol–water partition coefficient (Wildman–Crippen LogP) is 2.67. The van der Waals surface area contributed by atoms with E-state index in [2.05, 4.69) is 0 Å². The van der Waals surface area contributed by atoms with Gasteiger partial charge in [-0.3, -0.25) is 9.59 Å². The molecule has 2 fully saturated rings. The van der Waals surface area contributed by atoms with Crippen molar-refractivity contribution in [3.8, 4) is 0 Å². The lowest BCUT2D eigenvalue weighted by Gasteiger charge is -2.41. The third-order valence-electron chi connectivity index (χ3n) is 5.58. The average Bonchev–Trinajstić information content (AvgIpc) is 2.53. The Morgan fingerprint density at radius 3 is 2.08 bits per heavy atom. The second-order valence-electron chi connectivity index (χ2n) is 9.62. The number of aliphatic hydroxyl groups is 1. The van der Waals surface area contributed by atoms with Crippen molar-refractivity contribution in [2.24, 2.45) is 16.7 Å². The minimum Gasteiger partial charge on any atom is -0.393 e. The summed E-state index contributed by atoms with van der Waals surface area (Å²) in [4.78, 5) is 29.4. The Kier molecular flexibility index (Phi) is 6.18. The number of carbonyl (C=O) groups excluding carboxylic acids is 2. The molecule has 144 valence electrons. The maximum Gasteiger partial charge on any atom is 0.228 e. The topological polar surface area (TPSA) is 60.9 Å². The molecule has 2 saturated heterocycles. The van der Waals surface area contributed by atoms with Gasteiger partial charge in [-0.25, -0.2) is 0 Å². The molecule has 0 aromatic carbocycles. The van der Waals surface area contributed by atoms with E-state index in [1.54, 1.807) is 0 Å². The van der Waals surface area contributed by atoms with Gasteiger partial charge in [0, 0.05) is 37.0 Å². The van der Waals surface area contributed by atoms with E-state index in [0.29, 0.717) is 31.8 Å². The first-order chi connectivity index (χ1) is 11.5. The van der Waals surface area contributed by atoms with E-state index in [1.165, 1.54) is 0 Å². The summed E-state index contributed by atoms with van der Waals surface area (Å²) in [6.45, 7) is 12.9. The molecule has 2 rings (SSSR count). The van der Waals surface area contributed by atoms with Gasteiger partial charge in [-0.1, -0.05) is 34.6 Å². The van der Waals surface area contributed by atoms with Gasteiger partial charge in [0.25, 0.3) is 0 Å². The van der Waals surface area contributed by atoms with E-state index < -0.39 is 5.41 Å². The fraction of sp³-hybridized carbons (Fsp3) is 0.900. The second kappa shape index (κ2) is 7.65. The zero-order chi connectivity index (χ0) is 18.8. The van der Waals surface area contributed by atoms with Crippen molar-refractivity contribution in [3.63, 3.8) is 0 Å². The van der Waals surface area contributed by atoms with Crippen LogP contribution in [0.5, 0.6) is 0 Å². The number of carbonyl (C=O) groups is 2. The number of nitrogens with zero attached hydrogens (tertiary/aromatic N) is 2. The Bertz CT molecular complexity index is 488. The Hall–Kier alpha value is -1.10. The first-order valence-electron chi connectivity index (χ1n) is 9.77. The van der Waals surface area contributed by atoms with Crippen molar-refractivity contribution >= 4 is 11.8 Å². The van der Waals surface area contributed by atoms with Gasteiger partial charge in [0.2, 0.25) is 11.8 Å². The number of amides is 2. The number of hydrogen-bond acceptors (Lipinski definition) is 3. The van der Waals surface area contributed by atoms with Gasteiger partial charge in [0.05, 0.1) is 6.10 Å². The van der Waals surface area contributed by atoms with Crippen molar-refractivity contribution < 1.29 is 14.7 Å². The van der Waals surface area contributed by atoms with Crippen LogP contribution in [-0.4, -0.2) is 59.0 Å². The maximum atomic E-state index is 12.9. The van der Waals surface area contributed by atoms with Gasteiger partial charge >= 0.3 is 0 Å². The molecule has 1 unspecified atom stereocenters. The van der Waals surface area contributed by atoms with E-state index in [1.807, 2.05) is 44.4 Å². The molecule has 0 saturated carbocycles.